The van der Waals surface area contributed by atoms with Crippen molar-refractivity contribution < 1.29 is 20.1 Å². The quantitative estimate of drug-likeness (QED) is 0.428. The van der Waals surface area contributed by atoms with E-state index in [0.29, 0.717) is 11.2 Å². The van der Waals surface area contributed by atoms with Gasteiger partial charge in [-0.1, -0.05) is 12.1 Å². The summed E-state index contributed by atoms with van der Waals surface area (Å²) in [6.45, 7) is 1.55. The number of aryl methyl sites for hydroxylation is 1. The van der Waals surface area contributed by atoms with E-state index in [1.165, 1.54) is 10.9 Å². The first-order valence-electron chi connectivity index (χ1n) is 8.44. The van der Waals surface area contributed by atoms with Gasteiger partial charge in [0.2, 0.25) is 5.95 Å². The zero-order chi connectivity index (χ0) is 19.1. The number of benzene rings is 1. The first-order valence-corrected chi connectivity index (χ1v) is 8.44. The summed E-state index contributed by atoms with van der Waals surface area (Å²) < 4.78 is 7.02. The van der Waals surface area contributed by atoms with Crippen LogP contribution < -0.4 is 11.1 Å². The van der Waals surface area contributed by atoms with Crippen LogP contribution in [0.3, 0.4) is 0 Å². The van der Waals surface area contributed by atoms with Gasteiger partial charge in [-0.25, -0.2) is 4.98 Å². The third-order valence-corrected chi connectivity index (χ3v) is 4.51. The van der Waals surface area contributed by atoms with E-state index in [1.54, 1.807) is 0 Å². The smallest absolute Gasteiger partial charge is 0.231 e. The summed E-state index contributed by atoms with van der Waals surface area (Å²) in [4.78, 5) is 12.8. The molecule has 10 nitrogen and oxygen atoms in total. The molecule has 2 unspecified atom stereocenters. The van der Waals surface area contributed by atoms with E-state index in [0.717, 1.165) is 11.3 Å². The summed E-state index contributed by atoms with van der Waals surface area (Å²) in [6, 6.07) is 7.69. The van der Waals surface area contributed by atoms with Crippen LogP contribution in [-0.2, 0) is 4.74 Å². The van der Waals surface area contributed by atoms with Gasteiger partial charge in [-0.2, -0.15) is 9.97 Å². The molecule has 0 amide bonds. The molecule has 1 saturated heterocycles. The fourth-order valence-corrected chi connectivity index (χ4v) is 3.14. The van der Waals surface area contributed by atoms with Gasteiger partial charge in [-0.05, 0) is 24.6 Å². The Morgan fingerprint density at radius 2 is 2.07 bits per heavy atom. The molecule has 4 rings (SSSR count). The number of aliphatic hydroxyl groups is 3. The maximum Gasteiger partial charge on any atom is 0.231 e. The molecule has 0 aliphatic carbocycles. The maximum absolute atomic E-state index is 10.3. The monoisotopic (exact) mass is 372 g/mol. The first-order chi connectivity index (χ1) is 13.0. The number of hydrogen-bond acceptors (Lipinski definition) is 9. The SMILES string of the molecule is Cc1cccc(Nc2nc(N)c3ncn([C@@H]4O[C@H](CO)C(O)C4O)c3n2)c1. The van der Waals surface area contributed by atoms with Gasteiger partial charge in [-0.15, -0.1) is 0 Å². The summed E-state index contributed by atoms with van der Waals surface area (Å²) >= 11 is 0. The average Bonchev–Trinajstić information content (AvgIpc) is 3.17. The van der Waals surface area contributed by atoms with Gasteiger partial charge in [-0.3, -0.25) is 4.57 Å². The van der Waals surface area contributed by atoms with Crippen molar-refractivity contribution in [3.8, 4) is 0 Å². The van der Waals surface area contributed by atoms with Crippen molar-refractivity contribution in [1.29, 1.82) is 0 Å². The van der Waals surface area contributed by atoms with Gasteiger partial charge in [0.1, 0.15) is 23.8 Å². The van der Waals surface area contributed by atoms with Crippen LogP contribution in [-0.4, -0.2) is 59.8 Å². The summed E-state index contributed by atoms with van der Waals surface area (Å²) in [5, 5.41) is 32.6. The molecule has 0 radical (unpaired) electrons. The Morgan fingerprint density at radius 3 is 2.78 bits per heavy atom. The number of anilines is 3. The second kappa shape index (κ2) is 6.74. The van der Waals surface area contributed by atoms with Crippen LogP contribution in [0.5, 0.6) is 0 Å². The van der Waals surface area contributed by atoms with Crippen LogP contribution in [0.25, 0.3) is 11.2 Å². The Balaban J connectivity index is 1.72. The lowest BCUT2D eigenvalue weighted by Crippen LogP contribution is -2.33. The van der Waals surface area contributed by atoms with Gasteiger partial charge >= 0.3 is 0 Å². The van der Waals surface area contributed by atoms with Crippen LogP contribution >= 0.6 is 0 Å². The summed E-state index contributed by atoms with van der Waals surface area (Å²) in [6.07, 6.45) is -2.91. The molecule has 2 aromatic heterocycles. The van der Waals surface area contributed by atoms with Gasteiger partial charge in [0, 0.05) is 5.69 Å². The molecule has 1 aliphatic rings. The average molecular weight is 372 g/mol. The van der Waals surface area contributed by atoms with Gasteiger partial charge < -0.3 is 31.1 Å². The molecule has 27 heavy (non-hydrogen) atoms. The number of nitrogens with one attached hydrogen (secondary N) is 1. The highest BCUT2D eigenvalue weighted by molar-refractivity contribution is 5.83. The van der Waals surface area contributed by atoms with Crippen LogP contribution in [0, 0.1) is 6.92 Å². The zero-order valence-electron chi connectivity index (χ0n) is 14.5. The minimum atomic E-state index is -1.25. The fourth-order valence-electron chi connectivity index (χ4n) is 3.14. The molecule has 6 N–H and O–H groups in total. The molecular weight excluding hydrogens is 352 g/mol. The van der Waals surface area contributed by atoms with E-state index in [4.69, 9.17) is 10.5 Å². The molecule has 0 saturated carbocycles. The van der Waals surface area contributed by atoms with Crippen LogP contribution in [0.15, 0.2) is 30.6 Å². The van der Waals surface area contributed by atoms with Crippen molar-refractivity contribution in [3.63, 3.8) is 0 Å². The zero-order valence-corrected chi connectivity index (χ0v) is 14.5. The van der Waals surface area contributed by atoms with E-state index in [-0.39, 0.29) is 11.8 Å². The lowest BCUT2D eigenvalue weighted by molar-refractivity contribution is -0.0511. The van der Waals surface area contributed by atoms with Gasteiger partial charge in [0.25, 0.3) is 0 Å². The molecule has 3 heterocycles. The molecule has 4 atom stereocenters. The number of imidazole rings is 1. The molecular formula is C17H20N6O4. The van der Waals surface area contributed by atoms with Gasteiger partial charge in [0.15, 0.2) is 17.7 Å². The van der Waals surface area contributed by atoms with Gasteiger partial charge in [0.05, 0.1) is 12.9 Å². The predicted molar refractivity (Wildman–Crippen MR) is 97.2 cm³/mol. The minimum Gasteiger partial charge on any atom is -0.394 e. The van der Waals surface area contributed by atoms with Crippen molar-refractivity contribution in [2.24, 2.45) is 0 Å². The van der Waals surface area contributed by atoms with Crippen LogP contribution in [0.4, 0.5) is 17.5 Å². The molecule has 1 aromatic carbocycles. The number of hydrogen-bond donors (Lipinski definition) is 5. The number of nitrogens with zero attached hydrogens (tertiary/aromatic N) is 4. The van der Waals surface area contributed by atoms with Crippen molar-refractivity contribution in [3.05, 3.63) is 36.2 Å². The number of fused-ring (bicyclic) bond motifs is 1. The van der Waals surface area contributed by atoms with Crippen LogP contribution in [0.2, 0.25) is 0 Å². The number of nitrogen functional groups attached to an aromatic ring is 1. The van der Waals surface area contributed by atoms with Crippen LogP contribution in [0.1, 0.15) is 11.8 Å². The van der Waals surface area contributed by atoms with Crippen molar-refractivity contribution in [2.75, 3.05) is 17.7 Å². The van der Waals surface area contributed by atoms with Crippen molar-refractivity contribution >= 4 is 28.6 Å². The van der Waals surface area contributed by atoms with E-state index in [9.17, 15) is 15.3 Å². The van der Waals surface area contributed by atoms with E-state index in [2.05, 4.69) is 20.3 Å². The van der Waals surface area contributed by atoms with Crippen molar-refractivity contribution in [2.45, 2.75) is 31.5 Å². The number of ether oxygens (including phenoxy) is 1. The molecule has 0 spiro atoms. The van der Waals surface area contributed by atoms with E-state index in [1.807, 2.05) is 31.2 Å². The Labute approximate surface area is 154 Å². The van der Waals surface area contributed by atoms with E-state index >= 15 is 0 Å². The number of aromatic nitrogens is 4. The summed E-state index contributed by atoms with van der Waals surface area (Å²) in [5.74, 6) is 0.430. The highest BCUT2D eigenvalue weighted by atomic mass is 16.6. The molecule has 1 aliphatic heterocycles. The molecule has 142 valence electrons. The molecule has 3 aromatic rings. The second-order valence-electron chi connectivity index (χ2n) is 6.48. The molecule has 0 bridgehead atoms. The number of aliphatic hydroxyl groups excluding tert-OH is 3. The summed E-state index contributed by atoms with van der Waals surface area (Å²) in [7, 11) is 0. The number of nitrogens with two attached hydrogens (primary N) is 1. The fraction of sp³-hybridized carbons (Fsp3) is 0.353. The Hall–Kier alpha value is -2.79. The first kappa shape index (κ1) is 17.6. The largest absolute Gasteiger partial charge is 0.394 e. The molecule has 1 fully saturated rings. The maximum atomic E-state index is 10.3. The van der Waals surface area contributed by atoms with Crippen molar-refractivity contribution in [1.82, 2.24) is 19.5 Å². The molecule has 10 heteroatoms. The second-order valence-corrected chi connectivity index (χ2v) is 6.48. The topological polar surface area (TPSA) is 152 Å². The highest BCUT2D eigenvalue weighted by Crippen LogP contribution is 2.32. The number of rotatable bonds is 4. The lowest BCUT2D eigenvalue weighted by atomic mass is 10.1. The normalized spacial score (nSPS) is 25.2. The predicted octanol–water partition coefficient (Wildman–Crippen LogP) is 0.0720. The highest BCUT2D eigenvalue weighted by Gasteiger charge is 2.44. The Bertz CT molecular complexity index is 977. The third kappa shape index (κ3) is 3.08. The Kier molecular flexibility index (Phi) is 4.40. The third-order valence-electron chi connectivity index (χ3n) is 4.51. The summed E-state index contributed by atoms with van der Waals surface area (Å²) in [5.41, 5.74) is 8.57. The standard InChI is InChI=1S/C17H20N6O4/c1-8-3-2-4-9(5-8)20-17-21-14(18)11-15(22-17)23(7-19-11)16-13(26)12(25)10(6-24)27-16/h2-5,7,10,12-13,16,24-26H,6H2,1H3,(H3,18,20,21,22)/t10-,12?,13?,16-/m1/s1. The van der Waals surface area contributed by atoms with E-state index < -0.39 is 31.1 Å². The Morgan fingerprint density at radius 1 is 1.26 bits per heavy atom. The lowest BCUT2D eigenvalue weighted by Gasteiger charge is -2.17. The minimum absolute atomic E-state index is 0.167.